The molecule has 0 radical (unpaired) electrons. The van der Waals surface area contributed by atoms with E-state index in [1.807, 2.05) is 55.4 Å². The standard InChI is InChI=1S/C22H27N3O2S/c1-22(2,3)17-10-13-19(14-11-17)28(26,27)24-20-8-6-7-16-9-12-18(15-25(4)5)23-21(16)20/h6-14,24H,15H2,1-5H3. The van der Waals surface area contributed by atoms with Gasteiger partial charge in [-0.1, -0.05) is 51.1 Å². The molecular weight excluding hydrogens is 370 g/mol. The van der Waals surface area contributed by atoms with Crippen LogP contribution in [0.3, 0.4) is 0 Å². The van der Waals surface area contributed by atoms with Crippen LogP contribution in [0, 0.1) is 0 Å². The molecule has 3 rings (SSSR count). The summed E-state index contributed by atoms with van der Waals surface area (Å²) in [4.78, 5) is 6.93. The molecule has 1 N–H and O–H groups in total. The quantitative estimate of drug-likeness (QED) is 0.693. The highest BCUT2D eigenvalue weighted by Gasteiger charge is 2.19. The summed E-state index contributed by atoms with van der Waals surface area (Å²) in [6.45, 7) is 6.98. The third-order valence-corrected chi connectivity index (χ3v) is 5.91. The van der Waals surface area contributed by atoms with Crippen molar-refractivity contribution in [1.29, 1.82) is 0 Å². The minimum Gasteiger partial charge on any atom is -0.304 e. The lowest BCUT2D eigenvalue weighted by molar-refractivity contribution is 0.397. The molecule has 0 aliphatic carbocycles. The van der Waals surface area contributed by atoms with Crippen LogP contribution in [-0.2, 0) is 22.0 Å². The van der Waals surface area contributed by atoms with Gasteiger partial charge < -0.3 is 4.90 Å². The molecule has 1 aromatic heterocycles. The highest BCUT2D eigenvalue weighted by molar-refractivity contribution is 7.92. The van der Waals surface area contributed by atoms with E-state index in [1.54, 1.807) is 18.2 Å². The number of sulfonamides is 1. The molecule has 0 aliphatic heterocycles. The van der Waals surface area contributed by atoms with Gasteiger partial charge >= 0.3 is 0 Å². The van der Waals surface area contributed by atoms with Gasteiger partial charge in [0.25, 0.3) is 10.0 Å². The first-order chi connectivity index (χ1) is 13.1. The molecule has 148 valence electrons. The van der Waals surface area contributed by atoms with E-state index < -0.39 is 10.0 Å². The van der Waals surface area contributed by atoms with Crippen LogP contribution < -0.4 is 4.72 Å². The summed E-state index contributed by atoms with van der Waals surface area (Å²) < 4.78 is 28.6. The van der Waals surface area contributed by atoms with Crippen LogP contribution in [0.2, 0.25) is 0 Å². The van der Waals surface area contributed by atoms with Crippen LogP contribution >= 0.6 is 0 Å². The van der Waals surface area contributed by atoms with Crippen LogP contribution in [0.4, 0.5) is 5.69 Å². The smallest absolute Gasteiger partial charge is 0.261 e. The average molecular weight is 398 g/mol. The summed E-state index contributed by atoms with van der Waals surface area (Å²) in [7, 11) is 0.245. The van der Waals surface area contributed by atoms with Crippen molar-refractivity contribution < 1.29 is 8.42 Å². The molecule has 0 fully saturated rings. The van der Waals surface area contributed by atoms with Crippen LogP contribution in [0.25, 0.3) is 10.9 Å². The van der Waals surface area contributed by atoms with Crippen LogP contribution in [0.1, 0.15) is 32.0 Å². The van der Waals surface area contributed by atoms with E-state index in [4.69, 9.17) is 0 Å². The minimum absolute atomic E-state index is 0.0297. The number of benzene rings is 2. The lowest BCUT2D eigenvalue weighted by Crippen LogP contribution is -2.15. The molecule has 0 amide bonds. The first kappa shape index (κ1) is 20.3. The Bertz CT molecular complexity index is 1080. The van der Waals surface area contributed by atoms with Crippen molar-refractivity contribution in [3.05, 3.63) is 65.9 Å². The van der Waals surface area contributed by atoms with Gasteiger partial charge in [-0.05, 0) is 49.3 Å². The van der Waals surface area contributed by atoms with Crippen molar-refractivity contribution in [2.24, 2.45) is 0 Å². The number of aromatic nitrogens is 1. The number of fused-ring (bicyclic) bond motifs is 1. The Morgan fingerprint density at radius 2 is 1.64 bits per heavy atom. The lowest BCUT2D eigenvalue weighted by atomic mass is 9.87. The second kappa shape index (κ2) is 7.53. The van der Waals surface area contributed by atoms with E-state index >= 15 is 0 Å². The van der Waals surface area contributed by atoms with Crippen molar-refractivity contribution in [3.63, 3.8) is 0 Å². The maximum atomic E-state index is 12.9. The summed E-state index contributed by atoms with van der Waals surface area (Å²) in [6.07, 6.45) is 0. The number of rotatable bonds is 5. The third kappa shape index (κ3) is 4.51. The predicted octanol–water partition coefficient (Wildman–Crippen LogP) is 4.39. The molecule has 0 aliphatic rings. The average Bonchev–Trinajstić information content (AvgIpc) is 2.61. The van der Waals surface area contributed by atoms with E-state index in [-0.39, 0.29) is 10.3 Å². The summed E-state index contributed by atoms with van der Waals surface area (Å²) in [6, 6.07) is 16.5. The molecule has 2 aromatic carbocycles. The number of hydrogen-bond acceptors (Lipinski definition) is 4. The van der Waals surface area contributed by atoms with Crippen molar-refractivity contribution in [3.8, 4) is 0 Å². The van der Waals surface area contributed by atoms with Gasteiger partial charge in [-0.2, -0.15) is 0 Å². The van der Waals surface area contributed by atoms with Crippen LogP contribution in [0.5, 0.6) is 0 Å². The molecule has 1 heterocycles. The number of hydrogen-bond donors (Lipinski definition) is 1. The van der Waals surface area contributed by atoms with Gasteiger partial charge in [-0.3, -0.25) is 4.72 Å². The summed E-state index contributed by atoms with van der Waals surface area (Å²) in [5.41, 5.74) is 3.08. The number of anilines is 1. The maximum Gasteiger partial charge on any atom is 0.261 e. The molecule has 0 saturated carbocycles. The molecular formula is C22H27N3O2S. The van der Waals surface area contributed by atoms with Crippen LogP contribution in [0.15, 0.2) is 59.5 Å². The maximum absolute atomic E-state index is 12.9. The van der Waals surface area contributed by atoms with E-state index in [2.05, 4.69) is 30.5 Å². The number of para-hydroxylation sites is 1. The van der Waals surface area contributed by atoms with Crippen molar-refractivity contribution in [2.45, 2.75) is 37.6 Å². The molecule has 3 aromatic rings. The molecule has 0 spiro atoms. The van der Waals surface area contributed by atoms with Gasteiger partial charge in [0.1, 0.15) is 0 Å². The van der Waals surface area contributed by atoms with Crippen molar-refractivity contribution in [1.82, 2.24) is 9.88 Å². The molecule has 0 saturated heterocycles. The Kier molecular flexibility index (Phi) is 5.46. The van der Waals surface area contributed by atoms with Crippen molar-refractivity contribution >= 4 is 26.6 Å². The highest BCUT2D eigenvalue weighted by Crippen LogP contribution is 2.27. The van der Waals surface area contributed by atoms with Gasteiger partial charge in [0.2, 0.25) is 0 Å². The fourth-order valence-corrected chi connectivity index (χ4v) is 4.09. The topological polar surface area (TPSA) is 62.3 Å². The fraction of sp³-hybridized carbons (Fsp3) is 0.318. The lowest BCUT2D eigenvalue weighted by Gasteiger charge is -2.19. The zero-order valence-electron chi connectivity index (χ0n) is 17.0. The minimum atomic E-state index is -3.70. The summed E-state index contributed by atoms with van der Waals surface area (Å²) >= 11 is 0. The monoisotopic (exact) mass is 397 g/mol. The number of nitrogens with one attached hydrogen (secondary N) is 1. The fourth-order valence-electron chi connectivity index (χ4n) is 3.02. The number of pyridine rings is 1. The van der Waals surface area contributed by atoms with E-state index in [1.165, 1.54) is 0 Å². The summed E-state index contributed by atoms with van der Waals surface area (Å²) in [5.74, 6) is 0. The van der Waals surface area contributed by atoms with Gasteiger partial charge in [0, 0.05) is 11.9 Å². The zero-order valence-corrected chi connectivity index (χ0v) is 17.8. The van der Waals surface area contributed by atoms with E-state index in [0.717, 1.165) is 16.6 Å². The van der Waals surface area contributed by atoms with Crippen molar-refractivity contribution in [2.75, 3.05) is 18.8 Å². The Morgan fingerprint density at radius 1 is 0.964 bits per heavy atom. The first-order valence-corrected chi connectivity index (χ1v) is 10.7. The molecule has 6 heteroatoms. The first-order valence-electron chi connectivity index (χ1n) is 9.23. The molecule has 0 atom stereocenters. The molecule has 0 bridgehead atoms. The number of nitrogens with zero attached hydrogens (tertiary/aromatic N) is 2. The Hall–Kier alpha value is -2.44. The normalized spacial score (nSPS) is 12.5. The Balaban J connectivity index is 1.96. The third-order valence-electron chi connectivity index (χ3n) is 4.53. The summed E-state index contributed by atoms with van der Waals surface area (Å²) in [5, 5.41) is 0.894. The second-order valence-corrected chi connectivity index (χ2v) is 9.98. The van der Waals surface area contributed by atoms with Crippen LogP contribution in [-0.4, -0.2) is 32.4 Å². The molecule has 0 unspecified atom stereocenters. The van der Waals surface area contributed by atoms with E-state index in [0.29, 0.717) is 17.7 Å². The Morgan fingerprint density at radius 3 is 2.25 bits per heavy atom. The molecule has 28 heavy (non-hydrogen) atoms. The van der Waals surface area contributed by atoms with Gasteiger partial charge in [0.15, 0.2) is 0 Å². The largest absolute Gasteiger partial charge is 0.304 e. The Labute approximate surface area is 167 Å². The predicted molar refractivity (Wildman–Crippen MR) is 115 cm³/mol. The van der Waals surface area contributed by atoms with Gasteiger partial charge in [-0.25, -0.2) is 13.4 Å². The van der Waals surface area contributed by atoms with Gasteiger partial charge in [-0.15, -0.1) is 0 Å². The SMILES string of the molecule is CN(C)Cc1ccc2cccc(NS(=O)(=O)c3ccc(C(C)(C)C)cc3)c2n1. The van der Waals surface area contributed by atoms with E-state index in [9.17, 15) is 8.42 Å². The molecule has 5 nitrogen and oxygen atoms in total. The second-order valence-electron chi connectivity index (χ2n) is 8.30. The highest BCUT2D eigenvalue weighted by atomic mass is 32.2. The zero-order chi connectivity index (χ0) is 20.5. The van der Waals surface area contributed by atoms with Gasteiger partial charge in [0.05, 0.1) is 21.8 Å².